The van der Waals surface area contributed by atoms with Crippen LogP contribution >= 0.6 is 11.8 Å². The van der Waals surface area contributed by atoms with Crippen LogP contribution in [0.5, 0.6) is 0 Å². The summed E-state index contributed by atoms with van der Waals surface area (Å²) in [6.07, 6.45) is 2.12. The van der Waals surface area contributed by atoms with Crippen molar-refractivity contribution in [3.8, 4) is 6.07 Å². The molecule has 1 N–H and O–H groups in total. The molecule has 0 bridgehead atoms. The number of hydrogen-bond acceptors (Lipinski definition) is 3. The van der Waals surface area contributed by atoms with E-state index in [2.05, 4.69) is 37.6 Å². The summed E-state index contributed by atoms with van der Waals surface area (Å²) in [5, 5.41) is 12.9. The zero-order chi connectivity index (χ0) is 12.0. The van der Waals surface area contributed by atoms with Gasteiger partial charge in [0.15, 0.2) is 0 Å². The molecule has 2 atom stereocenters. The molecule has 0 saturated heterocycles. The van der Waals surface area contributed by atoms with Crippen LogP contribution in [-0.2, 0) is 0 Å². The van der Waals surface area contributed by atoms with Gasteiger partial charge in [-0.3, -0.25) is 0 Å². The third-order valence-electron chi connectivity index (χ3n) is 2.63. The normalized spacial score (nSPS) is 14.1. The minimum Gasteiger partial charge on any atom is -0.309 e. The quantitative estimate of drug-likeness (QED) is 0.851. The lowest BCUT2D eigenvalue weighted by molar-refractivity contribution is 0.576. The van der Waals surface area contributed by atoms with Crippen molar-refractivity contribution >= 4 is 11.8 Å². The first-order valence-electron chi connectivity index (χ1n) is 5.43. The van der Waals surface area contributed by atoms with Gasteiger partial charge in [0.1, 0.15) is 0 Å². The predicted octanol–water partition coefficient (Wildman–Crippen LogP) is 2.96. The molecule has 0 amide bonds. The molecule has 1 rings (SSSR count). The molecular weight excluding hydrogens is 216 g/mol. The summed E-state index contributed by atoms with van der Waals surface area (Å²) < 4.78 is 0. The Hall–Kier alpha value is -0.980. The largest absolute Gasteiger partial charge is 0.309 e. The Labute approximate surface area is 102 Å². The molecule has 0 fully saturated rings. The van der Waals surface area contributed by atoms with Crippen molar-refractivity contribution in [2.45, 2.75) is 25.1 Å². The van der Waals surface area contributed by atoms with Gasteiger partial charge in [0.25, 0.3) is 0 Å². The van der Waals surface area contributed by atoms with E-state index in [9.17, 15) is 0 Å². The first-order valence-corrected chi connectivity index (χ1v) is 6.72. The number of nitriles is 1. The van der Waals surface area contributed by atoms with Gasteiger partial charge in [-0.05, 0) is 30.9 Å². The van der Waals surface area contributed by atoms with E-state index in [0.717, 1.165) is 12.1 Å². The van der Waals surface area contributed by atoms with E-state index in [0.29, 0.717) is 11.3 Å². The number of rotatable bonds is 5. The molecular formula is C13H18N2S. The fourth-order valence-corrected chi connectivity index (χ4v) is 1.68. The minimum absolute atomic E-state index is 0.294. The van der Waals surface area contributed by atoms with Crippen molar-refractivity contribution < 1.29 is 0 Å². The summed E-state index contributed by atoms with van der Waals surface area (Å²) in [5.74, 6) is 0. The predicted molar refractivity (Wildman–Crippen MR) is 70.6 cm³/mol. The maximum absolute atomic E-state index is 8.83. The molecule has 2 unspecified atom stereocenters. The van der Waals surface area contributed by atoms with E-state index in [1.54, 1.807) is 0 Å². The van der Waals surface area contributed by atoms with Crippen molar-refractivity contribution in [3.63, 3.8) is 0 Å². The van der Waals surface area contributed by atoms with E-state index in [-0.39, 0.29) is 0 Å². The Balaban J connectivity index is 2.59. The number of benzene rings is 1. The molecule has 0 heterocycles. The van der Waals surface area contributed by atoms with Gasteiger partial charge in [-0.1, -0.05) is 19.1 Å². The molecule has 1 aromatic rings. The van der Waals surface area contributed by atoms with Crippen LogP contribution in [0.1, 0.15) is 31.0 Å². The maximum atomic E-state index is 8.83. The Morgan fingerprint density at radius 2 is 2.19 bits per heavy atom. The van der Waals surface area contributed by atoms with Gasteiger partial charge in [0.2, 0.25) is 0 Å². The van der Waals surface area contributed by atoms with Crippen LogP contribution in [-0.4, -0.2) is 18.1 Å². The molecule has 3 heteroatoms. The van der Waals surface area contributed by atoms with E-state index in [1.807, 2.05) is 30.0 Å². The number of thioether (sulfide) groups is 1. The van der Waals surface area contributed by atoms with Crippen molar-refractivity contribution in [1.82, 2.24) is 5.32 Å². The molecule has 0 radical (unpaired) electrons. The number of hydrogen-bond donors (Lipinski definition) is 1. The molecule has 0 saturated carbocycles. The van der Waals surface area contributed by atoms with Gasteiger partial charge in [0, 0.05) is 17.8 Å². The summed E-state index contributed by atoms with van der Waals surface area (Å²) in [7, 11) is 0. The van der Waals surface area contributed by atoms with Gasteiger partial charge in [0.05, 0.1) is 11.6 Å². The summed E-state index contributed by atoms with van der Waals surface area (Å²) >= 11 is 1.85. The van der Waals surface area contributed by atoms with Gasteiger partial charge in [-0.2, -0.15) is 17.0 Å². The third kappa shape index (κ3) is 3.88. The maximum Gasteiger partial charge on any atom is 0.0991 e. The van der Waals surface area contributed by atoms with E-state index < -0.39 is 0 Å². The fourth-order valence-electron chi connectivity index (χ4n) is 1.42. The smallest absolute Gasteiger partial charge is 0.0991 e. The second-order valence-electron chi connectivity index (χ2n) is 3.91. The highest BCUT2D eigenvalue weighted by molar-refractivity contribution is 7.99. The molecule has 16 heavy (non-hydrogen) atoms. The van der Waals surface area contributed by atoms with E-state index in [1.165, 1.54) is 5.56 Å². The molecule has 0 aliphatic heterocycles. The Kier molecular flexibility index (Phi) is 5.37. The van der Waals surface area contributed by atoms with Crippen LogP contribution in [0.4, 0.5) is 0 Å². The molecule has 2 nitrogen and oxygen atoms in total. The molecule has 1 aromatic carbocycles. The minimum atomic E-state index is 0.294. The highest BCUT2D eigenvalue weighted by Crippen LogP contribution is 2.14. The van der Waals surface area contributed by atoms with Crippen LogP contribution < -0.4 is 5.32 Å². The topological polar surface area (TPSA) is 35.8 Å². The number of nitrogens with zero attached hydrogens (tertiary/aromatic N) is 1. The molecule has 86 valence electrons. The fraction of sp³-hybridized carbons (Fsp3) is 0.462. The molecule has 0 aliphatic carbocycles. The summed E-state index contributed by atoms with van der Waals surface area (Å²) in [5.41, 5.74) is 1.90. The molecule has 0 aromatic heterocycles. The van der Waals surface area contributed by atoms with Crippen LogP contribution in [0.3, 0.4) is 0 Å². The second-order valence-corrected chi connectivity index (χ2v) is 5.19. The van der Waals surface area contributed by atoms with Crippen LogP contribution in [0, 0.1) is 11.3 Å². The first-order chi connectivity index (χ1) is 7.67. The molecule has 0 aliphatic rings. The Bertz CT molecular complexity index is 370. The number of nitrogens with one attached hydrogen (secondary N) is 1. The highest BCUT2D eigenvalue weighted by Gasteiger charge is 2.07. The SMILES string of the molecule is CSC(C)CNC(C)c1cccc(C#N)c1. The van der Waals surface area contributed by atoms with Crippen LogP contribution in [0.15, 0.2) is 24.3 Å². The first kappa shape index (κ1) is 13.1. The summed E-state index contributed by atoms with van der Waals surface area (Å²) in [4.78, 5) is 0. The van der Waals surface area contributed by atoms with Gasteiger partial charge in [-0.25, -0.2) is 0 Å². The summed E-state index contributed by atoms with van der Waals surface area (Å²) in [6.45, 7) is 5.32. The monoisotopic (exact) mass is 234 g/mol. The standard InChI is InChI=1S/C13H18N2S/c1-10(16-3)9-15-11(2)13-6-4-5-12(7-13)8-14/h4-7,10-11,15H,9H2,1-3H3. The Morgan fingerprint density at radius 1 is 1.44 bits per heavy atom. The zero-order valence-corrected chi connectivity index (χ0v) is 10.8. The van der Waals surface area contributed by atoms with E-state index in [4.69, 9.17) is 5.26 Å². The van der Waals surface area contributed by atoms with Crippen molar-refractivity contribution in [3.05, 3.63) is 35.4 Å². The third-order valence-corrected chi connectivity index (χ3v) is 3.60. The Morgan fingerprint density at radius 3 is 2.81 bits per heavy atom. The van der Waals surface area contributed by atoms with Gasteiger partial charge < -0.3 is 5.32 Å². The molecule has 0 spiro atoms. The van der Waals surface area contributed by atoms with Crippen molar-refractivity contribution in [1.29, 1.82) is 5.26 Å². The lowest BCUT2D eigenvalue weighted by Crippen LogP contribution is -2.25. The van der Waals surface area contributed by atoms with E-state index >= 15 is 0 Å². The lowest BCUT2D eigenvalue weighted by atomic mass is 10.1. The zero-order valence-electron chi connectivity index (χ0n) is 10.0. The average molecular weight is 234 g/mol. The van der Waals surface area contributed by atoms with Crippen molar-refractivity contribution in [2.24, 2.45) is 0 Å². The average Bonchev–Trinajstić information content (AvgIpc) is 2.35. The van der Waals surface area contributed by atoms with Gasteiger partial charge in [-0.15, -0.1) is 0 Å². The van der Waals surface area contributed by atoms with Crippen LogP contribution in [0.2, 0.25) is 0 Å². The van der Waals surface area contributed by atoms with Gasteiger partial charge >= 0.3 is 0 Å². The summed E-state index contributed by atoms with van der Waals surface area (Å²) in [6, 6.07) is 10.2. The highest BCUT2D eigenvalue weighted by atomic mass is 32.2. The van der Waals surface area contributed by atoms with Crippen LogP contribution in [0.25, 0.3) is 0 Å². The lowest BCUT2D eigenvalue weighted by Gasteiger charge is -2.17. The second kappa shape index (κ2) is 6.57. The van der Waals surface area contributed by atoms with Crippen molar-refractivity contribution in [2.75, 3.05) is 12.8 Å².